The highest BCUT2D eigenvalue weighted by Gasteiger charge is 2.34. The molecule has 1 aromatic carbocycles. The molecule has 1 atom stereocenters. The SMILES string of the molecule is Cc1ncc(C(N)=O)cn1.O=C(NCc1ccc(Nc2ccc(F)cc2C(F)(F)F)cn1)[C@@H]1CCOC1. The third-order valence-corrected chi connectivity index (χ3v) is 5.20. The molecule has 0 unspecified atom stereocenters. The predicted molar refractivity (Wildman–Crippen MR) is 125 cm³/mol. The molecule has 2 amide bonds. The van der Waals surface area contributed by atoms with Crippen molar-refractivity contribution in [1.82, 2.24) is 20.3 Å². The number of pyridine rings is 1. The minimum atomic E-state index is -4.69. The summed E-state index contributed by atoms with van der Waals surface area (Å²) in [6.45, 7) is 2.92. The number of alkyl halides is 3. The first-order valence-corrected chi connectivity index (χ1v) is 11.1. The average molecular weight is 520 g/mol. The van der Waals surface area contributed by atoms with Crippen molar-refractivity contribution in [3.8, 4) is 0 Å². The Balaban J connectivity index is 0.000000319. The van der Waals surface area contributed by atoms with Crippen LogP contribution in [-0.4, -0.2) is 40.0 Å². The van der Waals surface area contributed by atoms with Gasteiger partial charge in [-0.15, -0.1) is 0 Å². The van der Waals surface area contributed by atoms with Gasteiger partial charge in [0.25, 0.3) is 5.91 Å². The standard InChI is InChI=1S/C18H17F4N3O2.C6H7N3O/c19-12-1-4-16(15(7-12)18(20,21)22)25-14-3-2-13(23-9-14)8-24-17(26)11-5-6-27-10-11;1-4-8-2-5(3-9-4)6(7)10/h1-4,7,9,11,25H,5-6,8,10H2,(H,24,26);2-3H,1H3,(H2,7,10)/t11-;/m1./s1. The fourth-order valence-electron chi connectivity index (χ4n) is 3.20. The van der Waals surface area contributed by atoms with Crippen molar-refractivity contribution in [2.24, 2.45) is 11.7 Å². The van der Waals surface area contributed by atoms with Gasteiger partial charge in [0.15, 0.2) is 0 Å². The summed E-state index contributed by atoms with van der Waals surface area (Å²) in [6.07, 6.45) is 0.159. The molecule has 3 aromatic rings. The largest absolute Gasteiger partial charge is 0.418 e. The zero-order chi connectivity index (χ0) is 27.0. The maximum Gasteiger partial charge on any atom is 0.418 e. The molecule has 3 heterocycles. The lowest BCUT2D eigenvalue weighted by atomic mass is 10.1. The molecule has 1 fully saturated rings. The average Bonchev–Trinajstić information content (AvgIpc) is 3.40. The molecule has 196 valence electrons. The second-order valence-corrected chi connectivity index (χ2v) is 8.01. The van der Waals surface area contributed by atoms with Crippen LogP contribution >= 0.6 is 0 Å². The molecule has 0 radical (unpaired) electrons. The van der Waals surface area contributed by atoms with Gasteiger partial charge < -0.3 is 21.1 Å². The molecule has 1 aliphatic heterocycles. The molecular weight excluding hydrogens is 496 g/mol. The minimum Gasteiger partial charge on any atom is -0.381 e. The smallest absolute Gasteiger partial charge is 0.381 e. The molecule has 0 bridgehead atoms. The quantitative estimate of drug-likeness (QED) is 0.424. The van der Waals surface area contributed by atoms with E-state index in [0.717, 1.165) is 12.1 Å². The maximum atomic E-state index is 13.1. The zero-order valence-corrected chi connectivity index (χ0v) is 19.7. The number of benzene rings is 1. The highest BCUT2D eigenvalue weighted by molar-refractivity contribution is 5.92. The second kappa shape index (κ2) is 12.2. The molecule has 4 rings (SSSR count). The van der Waals surface area contributed by atoms with E-state index in [1.807, 2.05) is 0 Å². The molecule has 1 aliphatic rings. The fourth-order valence-corrected chi connectivity index (χ4v) is 3.20. The highest BCUT2D eigenvalue weighted by Crippen LogP contribution is 2.36. The third-order valence-electron chi connectivity index (χ3n) is 5.20. The number of hydrogen-bond donors (Lipinski definition) is 3. The zero-order valence-electron chi connectivity index (χ0n) is 19.7. The van der Waals surface area contributed by atoms with Crippen LogP contribution < -0.4 is 16.4 Å². The number of rotatable bonds is 6. The summed E-state index contributed by atoms with van der Waals surface area (Å²) >= 11 is 0. The first-order chi connectivity index (χ1) is 17.5. The number of aromatic nitrogens is 3. The molecular formula is C24H24F4N6O3. The number of hydrogen-bond acceptors (Lipinski definition) is 7. The summed E-state index contributed by atoms with van der Waals surface area (Å²) in [4.78, 5) is 34.1. The molecule has 0 aliphatic carbocycles. The van der Waals surface area contributed by atoms with Crippen molar-refractivity contribution < 1.29 is 31.9 Å². The summed E-state index contributed by atoms with van der Waals surface area (Å²) in [5, 5.41) is 5.34. The Bertz CT molecular complexity index is 1210. The van der Waals surface area contributed by atoms with Crippen molar-refractivity contribution in [3.05, 3.63) is 77.4 Å². The van der Waals surface area contributed by atoms with Gasteiger partial charge in [0.05, 0.1) is 53.5 Å². The molecule has 13 heteroatoms. The molecule has 2 aromatic heterocycles. The molecule has 37 heavy (non-hydrogen) atoms. The van der Waals surface area contributed by atoms with Gasteiger partial charge >= 0.3 is 6.18 Å². The van der Waals surface area contributed by atoms with E-state index < -0.39 is 23.5 Å². The Morgan fingerprint density at radius 2 is 1.84 bits per heavy atom. The maximum absolute atomic E-state index is 13.1. The van der Waals surface area contributed by atoms with Gasteiger partial charge in [-0.05, 0) is 43.7 Å². The summed E-state index contributed by atoms with van der Waals surface area (Å²) in [6, 6.07) is 5.53. The van der Waals surface area contributed by atoms with E-state index in [9.17, 15) is 27.2 Å². The van der Waals surface area contributed by atoms with Crippen LogP contribution in [0, 0.1) is 18.7 Å². The van der Waals surface area contributed by atoms with Gasteiger partial charge in [-0.25, -0.2) is 14.4 Å². The summed E-state index contributed by atoms with van der Waals surface area (Å²) < 4.78 is 57.4. The Labute approximate surface area is 209 Å². The van der Waals surface area contributed by atoms with Gasteiger partial charge in [0, 0.05) is 19.0 Å². The lowest BCUT2D eigenvalue weighted by Crippen LogP contribution is -2.30. The topological polar surface area (TPSA) is 132 Å². The van der Waals surface area contributed by atoms with Crippen molar-refractivity contribution in [1.29, 1.82) is 0 Å². The first-order valence-electron chi connectivity index (χ1n) is 11.1. The van der Waals surface area contributed by atoms with E-state index in [-0.39, 0.29) is 24.1 Å². The molecule has 0 spiro atoms. The monoisotopic (exact) mass is 520 g/mol. The van der Waals surface area contributed by atoms with Crippen molar-refractivity contribution in [3.63, 3.8) is 0 Å². The fraction of sp³-hybridized carbons (Fsp3) is 0.292. The number of carbonyl (C=O) groups excluding carboxylic acids is 2. The number of nitrogens with two attached hydrogens (primary N) is 1. The Hall–Kier alpha value is -4.13. The van der Waals surface area contributed by atoms with Crippen LogP contribution in [-0.2, 0) is 22.3 Å². The molecule has 1 saturated heterocycles. The number of nitrogens with zero attached hydrogens (tertiary/aromatic N) is 3. The number of anilines is 2. The second-order valence-electron chi connectivity index (χ2n) is 8.01. The lowest BCUT2D eigenvalue weighted by Gasteiger charge is -2.15. The molecule has 0 saturated carbocycles. The third kappa shape index (κ3) is 8.20. The minimum absolute atomic E-state index is 0.113. The van der Waals surface area contributed by atoms with E-state index in [4.69, 9.17) is 10.5 Å². The number of carbonyl (C=O) groups is 2. The first kappa shape index (κ1) is 27.5. The van der Waals surface area contributed by atoms with E-state index >= 15 is 0 Å². The number of halogens is 4. The number of amides is 2. The summed E-state index contributed by atoms with van der Waals surface area (Å²) in [5.74, 6) is -1.11. The van der Waals surface area contributed by atoms with Crippen LogP contribution in [0.2, 0.25) is 0 Å². The Morgan fingerprint density at radius 3 is 2.41 bits per heavy atom. The van der Waals surface area contributed by atoms with Crippen LogP contribution in [0.5, 0.6) is 0 Å². The Kier molecular flexibility index (Phi) is 9.06. The number of aryl methyl sites for hydroxylation is 1. The number of nitrogens with one attached hydrogen (secondary N) is 2. The number of ether oxygens (including phenoxy) is 1. The molecule has 9 nitrogen and oxygen atoms in total. The lowest BCUT2D eigenvalue weighted by molar-refractivity contribution is -0.137. The van der Waals surface area contributed by atoms with E-state index in [0.29, 0.717) is 48.5 Å². The van der Waals surface area contributed by atoms with Gasteiger partial charge in [-0.1, -0.05) is 0 Å². The van der Waals surface area contributed by atoms with Crippen LogP contribution in [0.3, 0.4) is 0 Å². The van der Waals surface area contributed by atoms with Crippen LogP contribution in [0.1, 0.15) is 33.9 Å². The van der Waals surface area contributed by atoms with Crippen molar-refractivity contribution >= 4 is 23.2 Å². The van der Waals surface area contributed by atoms with Gasteiger partial charge in [-0.3, -0.25) is 14.6 Å². The van der Waals surface area contributed by atoms with Crippen molar-refractivity contribution in [2.75, 3.05) is 18.5 Å². The van der Waals surface area contributed by atoms with Gasteiger partial charge in [-0.2, -0.15) is 13.2 Å². The highest BCUT2D eigenvalue weighted by atomic mass is 19.4. The van der Waals surface area contributed by atoms with Crippen molar-refractivity contribution in [2.45, 2.75) is 26.1 Å². The van der Waals surface area contributed by atoms with Crippen LogP contribution in [0.4, 0.5) is 28.9 Å². The Morgan fingerprint density at radius 1 is 1.11 bits per heavy atom. The number of primary amides is 1. The van der Waals surface area contributed by atoms with Crippen LogP contribution in [0.15, 0.2) is 48.9 Å². The summed E-state index contributed by atoms with van der Waals surface area (Å²) in [7, 11) is 0. The van der Waals surface area contributed by atoms with E-state index in [2.05, 4.69) is 25.6 Å². The van der Waals surface area contributed by atoms with E-state index in [1.165, 1.54) is 24.7 Å². The predicted octanol–water partition coefficient (Wildman–Crippen LogP) is 3.52. The van der Waals surface area contributed by atoms with Gasteiger partial charge in [0.2, 0.25) is 5.91 Å². The normalized spacial score (nSPS) is 14.9. The molecule has 4 N–H and O–H groups in total. The van der Waals surface area contributed by atoms with Gasteiger partial charge in [0.1, 0.15) is 11.6 Å². The van der Waals surface area contributed by atoms with E-state index in [1.54, 1.807) is 13.0 Å². The summed E-state index contributed by atoms with van der Waals surface area (Å²) in [5.41, 5.74) is 4.78. The van der Waals surface area contributed by atoms with Crippen LogP contribution in [0.25, 0.3) is 0 Å².